The first-order valence-electron chi connectivity index (χ1n) is 10.7. The van der Waals surface area contributed by atoms with Gasteiger partial charge in [0.05, 0.1) is 6.54 Å². The molecule has 4 N–H and O–H groups in total. The number of carbonyl (C=O) groups excluding carboxylic acids is 1. The molecule has 0 radical (unpaired) electrons. The number of nitrogens with one attached hydrogen (secondary N) is 2. The van der Waals surface area contributed by atoms with Crippen LogP contribution < -0.4 is 11.1 Å². The summed E-state index contributed by atoms with van der Waals surface area (Å²) in [4.78, 5) is 11.4. The van der Waals surface area contributed by atoms with E-state index in [1.165, 1.54) is 0 Å². The van der Waals surface area contributed by atoms with E-state index in [0.717, 1.165) is 27.6 Å². The van der Waals surface area contributed by atoms with E-state index in [1.807, 2.05) is 42.5 Å². The number of amides is 1. The first-order chi connectivity index (χ1) is 16.7. The molecule has 0 bridgehead atoms. The minimum Gasteiger partial charge on any atom is -0.325 e. The van der Waals surface area contributed by atoms with E-state index in [0.29, 0.717) is 16.8 Å². The summed E-state index contributed by atoms with van der Waals surface area (Å²) in [5.74, 6) is 5.30. The molecule has 0 saturated carbocycles. The lowest BCUT2D eigenvalue weighted by molar-refractivity contribution is -0.114. The fourth-order valence-corrected chi connectivity index (χ4v) is 3.59. The van der Waals surface area contributed by atoms with Crippen LogP contribution in [0.3, 0.4) is 0 Å². The number of anilines is 1. The summed E-state index contributed by atoms with van der Waals surface area (Å²) in [6.07, 6.45) is -4.05. The summed E-state index contributed by atoms with van der Waals surface area (Å²) in [6.45, 7) is -0.150. The highest BCUT2D eigenvalue weighted by Crippen LogP contribution is 2.29. The van der Waals surface area contributed by atoms with Crippen LogP contribution in [0.1, 0.15) is 11.1 Å². The standard InChI is InChI=1S/C28H20F3N3O/c29-28(30,31)26(33)16-21(8-5-18-6-12-23(13-7-18)34-27(35)17-32)20-11-14-25-22(15-20)10-9-19-3-1-2-4-24(19)25/h1-4,6-7,9-16,33H,17,32H2,(H,34,35)/b21-16+,33-26?. The Labute approximate surface area is 199 Å². The zero-order chi connectivity index (χ0) is 25.0. The number of benzene rings is 4. The Bertz CT molecular complexity index is 1520. The normalized spacial score (nSPS) is 11.7. The monoisotopic (exact) mass is 471 g/mol. The third-order valence-corrected chi connectivity index (χ3v) is 5.35. The van der Waals surface area contributed by atoms with Crippen molar-refractivity contribution in [1.82, 2.24) is 0 Å². The van der Waals surface area contributed by atoms with Crippen molar-refractivity contribution in [2.75, 3.05) is 11.9 Å². The highest BCUT2D eigenvalue weighted by atomic mass is 19.4. The van der Waals surface area contributed by atoms with Gasteiger partial charge in [-0.1, -0.05) is 60.4 Å². The molecular formula is C28H20F3N3O. The van der Waals surface area contributed by atoms with Crippen LogP contribution in [-0.4, -0.2) is 24.3 Å². The van der Waals surface area contributed by atoms with Gasteiger partial charge in [0.2, 0.25) is 5.91 Å². The summed E-state index contributed by atoms with van der Waals surface area (Å²) in [6, 6.07) is 23.6. The lowest BCUT2D eigenvalue weighted by atomic mass is 9.96. The summed E-state index contributed by atoms with van der Waals surface area (Å²) in [5.41, 5.74) is 5.40. The number of fused-ring (bicyclic) bond motifs is 3. The van der Waals surface area contributed by atoms with Crippen molar-refractivity contribution in [3.05, 3.63) is 96.1 Å². The summed E-state index contributed by atoms with van der Waals surface area (Å²) in [7, 11) is 0. The zero-order valence-corrected chi connectivity index (χ0v) is 18.4. The van der Waals surface area contributed by atoms with Gasteiger partial charge in [-0.05, 0) is 63.5 Å². The number of alkyl halides is 3. The molecule has 0 spiro atoms. The smallest absolute Gasteiger partial charge is 0.325 e. The van der Waals surface area contributed by atoms with E-state index in [9.17, 15) is 18.0 Å². The molecule has 7 heteroatoms. The van der Waals surface area contributed by atoms with Crippen molar-refractivity contribution in [1.29, 1.82) is 5.41 Å². The Balaban J connectivity index is 1.74. The van der Waals surface area contributed by atoms with Crippen LogP contribution in [0.2, 0.25) is 0 Å². The first-order valence-corrected chi connectivity index (χ1v) is 10.7. The van der Waals surface area contributed by atoms with Crippen molar-refractivity contribution in [2.24, 2.45) is 5.73 Å². The van der Waals surface area contributed by atoms with Gasteiger partial charge in [0.25, 0.3) is 0 Å². The fraction of sp³-hybridized carbons (Fsp3) is 0.0714. The molecule has 0 heterocycles. The highest BCUT2D eigenvalue weighted by Gasteiger charge is 2.32. The maximum atomic E-state index is 13.1. The lowest BCUT2D eigenvalue weighted by Gasteiger charge is -2.09. The van der Waals surface area contributed by atoms with E-state index in [2.05, 4.69) is 17.2 Å². The zero-order valence-electron chi connectivity index (χ0n) is 18.4. The molecule has 0 fully saturated rings. The molecular weight excluding hydrogens is 451 g/mol. The average molecular weight is 471 g/mol. The Kier molecular flexibility index (Phi) is 6.67. The molecule has 35 heavy (non-hydrogen) atoms. The summed E-state index contributed by atoms with van der Waals surface area (Å²) in [5, 5.41) is 14.0. The quantitative estimate of drug-likeness (QED) is 0.197. The third kappa shape index (κ3) is 5.57. The van der Waals surface area contributed by atoms with Crippen molar-refractivity contribution in [3.8, 4) is 11.8 Å². The van der Waals surface area contributed by atoms with Gasteiger partial charge in [0, 0.05) is 16.8 Å². The number of carbonyl (C=O) groups is 1. The van der Waals surface area contributed by atoms with Gasteiger partial charge in [-0.25, -0.2) is 0 Å². The number of halogens is 3. The minimum absolute atomic E-state index is 0.0721. The van der Waals surface area contributed by atoms with E-state index < -0.39 is 11.9 Å². The van der Waals surface area contributed by atoms with E-state index >= 15 is 0 Å². The molecule has 0 atom stereocenters. The molecule has 4 aromatic rings. The lowest BCUT2D eigenvalue weighted by Crippen LogP contribution is -2.21. The molecule has 0 aliphatic carbocycles. The van der Waals surface area contributed by atoms with Crippen LogP contribution in [0.25, 0.3) is 27.1 Å². The van der Waals surface area contributed by atoms with Gasteiger partial charge in [-0.3, -0.25) is 10.2 Å². The molecule has 4 rings (SSSR count). The van der Waals surface area contributed by atoms with Crippen molar-refractivity contribution >= 4 is 44.4 Å². The highest BCUT2D eigenvalue weighted by molar-refractivity contribution is 6.10. The number of allylic oxidation sites excluding steroid dienone is 2. The van der Waals surface area contributed by atoms with Crippen molar-refractivity contribution in [3.63, 3.8) is 0 Å². The van der Waals surface area contributed by atoms with Crippen LogP contribution in [0.5, 0.6) is 0 Å². The van der Waals surface area contributed by atoms with Crippen molar-refractivity contribution in [2.45, 2.75) is 6.18 Å². The first kappa shape index (κ1) is 23.7. The van der Waals surface area contributed by atoms with Gasteiger partial charge in [-0.2, -0.15) is 13.2 Å². The van der Waals surface area contributed by atoms with Crippen LogP contribution >= 0.6 is 0 Å². The van der Waals surface area contributed by atoms with E-state index in [-0.39, 0.29) is 18.0 Å². The van der Waals surface area contributed by atoms with Gasteiger partial charge in [0.1, 0.15) is 5.71 Å². The SMILES string of the molecule is N=C(/C=C(\C#Cc1ccc(NC(=O)CN)cc1)c1ccc2c(ccc3ccccc32)c1)C(F)(F)F. The fourth-order valence-electron chi connectivity index (χ4n) is 3.59. The van der Waals surface area contributed by atoms with Crippen LogP contribution in [-0.2, 0) is 4.79 Å². The second-order valence-electron chi connectivity index (χ2n) is 7.77. The molecule has 4 nitrogen and oxygen atoms in total. The molecule has 0 saturated heterocycles. The maximum Gasteiger partial charge on any atom is 0.432 e. The molecule has 174 valence electrons. The Hall–Kier alpha value is -4.41. The molecule has 1 amide bonds. The second-order valence-corrected chi connectivity index (χ2v) is 7.77. The average Bonchev–Trinajstić information content (AvgIpc) is 2.86. The summed E-state index contributed by atoms with van der Waals surface area (Å²) < 4.78 is 39.4. The van der Waals surface area contributed by atoms with Gasteiger partial charge in [0.15, 0.2) is 0 Å². The van der Waals surface area contributed by atoms with Gasteiger partial charge >= 0.3 is 6.18 Å². The molecule has 0 aliphatic rings. The van der Waals surface area contributed by atoms with Gasteiger partial charge < -0.3 is 11.1 Å². The Morgan fingerprint density at radius 1 is 0.943 bits per heavy atom. The predicted octanol–water partition coefficient (Wildman–Crippen LogP) is 5.91. The molecule has 0 aliphatic heterocycles. The Morgan fingerprint density at radius 3 is 2.34 bits per heavy atom. The predicted molar refractivity (Wildman–Crippen MR) is 134 cm³/mol. The van der Waals surface area contributed by atoms with Gasteiger partial charge in [-0.15, -0.1) is 0 Å². The number of rotatable bonds is 4. The largest absolute Gasteiger partial charge is 0.432 e. The molecule has 4 aromatic carbocycles. The van der Waals surface area contributed by atoms with Crippen LogP contribution in [0.15, 0.2) is 84.9 Å². The van der Waals surface area contributed by atoms with Crippen LogP contribution in [0, 0.1) is 17.3 Å². The summed E-state index contributed by atoms with van der Waals surface area (Å²) >= 11 is 0. The number of hydrogen-bond acceptors (Lipinski definition) is 3. The van der Waals surface area contributed by atoms with E-state index in [1.54, 1.807) is 36.4 Å². The number of nitrogens with two attached hydrogens (primary N) is 1. The maximum absolute atomic E-state index is 13.1. The molecule has 0 aromatic heterocycles. The molecule has 0 unspecified atom stereocenters. The topological polar surface area (TPSA) is 79.0 Å². The third-order valence-electron chi connectivity index (χ3n) is 5.35. The van der Waals surface area contributed by atoms with Crippen molar-refractivity contribution < 1.29 is 18.0 Å². The Morgan fingerprint density at radius 2 is 1.63 bits per heavy atom. The van der Waals surface area contributed by atoms with E-state index in [4.69, 9.17) is 11.1 Å². The number of hydrogen-bond donors (Lipinski definition) is 3. The minimum atomic E-state index is -4.79. The second kappa shape index (κ2) is 9.84. The van der Waals surface area contributed by atoms with Crippen LogP contribution in [0.4, 0.5) is 18.9 Å².